The van der Waals surface area contributed by atoms with Gasteiger partial charge < -0.3 is 15.1 Å². The minimum atomic E-state index is -0.0486. The van der Waals surface area contributed by atoms with Crippen LogP contribution in [-0.4, -0.2) is 53.7 Å². The fourth-order valence-corrected chi connectivity index (χ4v) is 4.89. The molecule has 0 unspecified atom stereocenters. The highest BCUT2D eigenvalue weighted by molar-refractivity contribution is 7.09. The summed E-state index contributed by atoms with van der Waals surface area (Å²) in [6, 6.07) is 11.2. The maximum atomic E-state index is 13.0. The molecule has 7 heteroatoms. The van der Waals surface area contributed by atoms with Gasteiger partial charge in [-0.25, -0.2) is 0 Å². The molecule has 3 rings (SSSR count). The van der Waals surface area contributed by atoms with Crippen LogP contribution >= 0.6 is 11.3 Å². The molecular weight excluding hydrogens is 422 g/mol. The van der Waals surface area contributed by atoms with Gasteiger partial charge >= 0.3 is 0 Å². The number of benzene rings is 1. The summed E-state index contributed by atoms with van der Waals surface area (Å²) in [6.07, 6.45) is 3.54. The summed E-state index contributed by atoms with van der Waals surface area (Å²) in [5.41, 5.74) is 1.21. The number of rotatable bonds is 9. The van der Waals surface area contributed by atoms with Crippen LogP contribution in [0, 0.1) is 5.92 Å². The highest BCUT2D eigenvalue weighted by atomic mass is 32.1. The van der Waals surface area contributed by atoms with Gasteiger partial charge in [-0.05, 0) is 69.2 Å². The number of aryl methyl sites for hydroxylation is 1. The zero-order valence-electron chi connectivity index (χ0n) is 19.0. The molecule has 172 valence electrons. The number of hydrogen-bond donors (Lipinski definition) is 1. The predicted molar refractivity (Wildman–Crippen MR) is 129 cm³/mol. The third kappa shape index (κ3) is 6.42. The van der Waals surface area contributed by atoms with Crippen LogP contribution in [0.2, 0.25) is 0 Å². The molecule has 0 aliphatic carbocycles. The first-order valence-corrected chi connectivity index (χ1v) is 12.4. The van der Waals surface area contributed by atoms with Crippen LogP contribution in [0.25, 0.3) is 0 Å². The lowest BCUT2D eigenvalue weighted by Gasteiger charge is -2.33. The highest BCUT2D eigenvalue weighted by Gasteiger charge is 2.29. The average molecular weight is 456 g/mol. The Labute approximate surface area is 194 Å². The molecule has 3 amide bonds. The monoisotopic (exact) mass is 455 g/mol. The van der Waals surface area contributed by atoms with Crippen molar-refractivity contribution in [2.75, 3.05) is 31.5 Å². The lowest BCUT2D eigenvalue weighted by molar-refractivity contribution is -0.136. The van der Waals surface area contributed by atoms with Crippen molar-refractivity contribution in [3.63, 3.8) is 0 Å². The van der Waals surface area contributed by atoms with Crippen LogP contribution in [0.4, 0.5) is 5.69 Å². The third-order valence-electron chi connectivity index (χ3n) is 6.01. The molecule has 6 nitrogen and oxygen atoms in total. The first-order valence-electron chi connectivity index (χ1n) is 11.5. The molecule has 0 spiro atoms. The number of carbonyl (C=O) groups excluding carboxylic acids is 3. The smallest absolute Gasteiger partial charge is 0.253 e. The van der Waals surface area contributed by atoms with Crippen molar-refractivity contribution in [1.29, 1.82) is 0 Å². The summed E-state index contributed by atoms with van der Waals surface area (Å²) in [7, 11) is 0. The van der Waals surface area contributed by atoms with Crippen LogP contribution in [-0.2, 0) is 16.0 Å². The number of nitrogens with zero attached hydrogens (tertiary/aromatic N) is 2. The number of anilines is 1. The topological polar surface area (TPSA) is 69.7 Å². The van der Waals surface area contributed by atoms with E-state index in [0.717, 1.165) is 25.9 Å². The highest BCUT2D eigenvalue weighted by Crippen LogP contribution is 2.22. The van der Waals surface area contributed by atoms with Gasteiger partial charge in [-0.1, -0.05) is 12.1 Å². The van der Waals surface area contributed by atoms with E-state index in [4.69, 9.17) is 0 Å². The van der Waals surface area contributed by atoms with Crippen molar-refractivity contribution in [2.45, 2.75) is 46.0 Å². The SMILES string of the molecule is CCN(CC)C(=O)C1CCN(C(=O)c2cccc(NC(=O)CCCc3cccs3)c2)CC1. The molecule has 2 heterocycles. The van der Waals surface area contributed by atoms with Crippen molar-refractivity contribution < 1.29 is 14.4 Å². The quantitative estimate of drug-likeness (QED) is 0.608. The molecule has 0 saturated carbocycles. The van der Waals surface area contributed by atoms with Crippen molar-refractivity contribution in [1.82, 2.24) is 9.80 Å². The molecular formula is C25H33N3O3S. The fraction of sp³-hybridized carbons (Fsp3) is 0.480. The van der Waals surface area contributed by atoms with Gasteiger partial charge in [0.1, 0.15) is 0 Å². The van der Waals surface area contributed by atoms with Gasteiger partial charge in [-0.15, -0.1) is 11.3 Å². The number of piperidine rings is 1. The molecule has 1 saturated heterocycles. The maximum absolute atomic E-state index is 13.0. The standard InChI is InChI=1S/C25H33N3O3S/c1-3-27(4-2)24(30)19-13-15-28(16-14-19)25(31)20-8-5-9-21(18-20)26-23(29)12-6-10-22-11-7-17-32-22/h5,7-9,11,17-19H,3-4,6,10,12-16H2,1-2H3,(H,26,29). The summed E-state index contributed by atoms with van der Waals surface area (Å²) < 4.78 is 0. The third-order valence-corrected chi connectivity index (χ3v) is 6.94. The lowest BCUT2D eigenvalue weighted by Crippen LogP contribution is -2.44. The van der Waals surface area contributed by atoms with Gasteiger partial charge in [0.15, 0.2) is 0 Å². The maximum Gasteiger partial charge on any atom is 0.253 e. The fourth-order valence-electron chi connectivity index (χ4n) is 4.14. The van der Waals surface area contributed by atoms with Crippen molar-refractivity contribution in [3.8, 4) is 0 Å². The van der Waals surface area contributed by atoms with Gasteiger partial charge in [-0.2, -0.15) is 0 Å². The number of likely N-dealkylation sites (tertiary alicyclic amines) is 1. The Morgan fingerprint density at radius 2 is 1.84 bits per heavy atom. The normalized spacial score (nSPS) is 14.2. The summed E-state index contributed by atoms with van der Waals surface area (Å²) >= 11 is 1.71. The van der Waals surface area contributed by atoms with Gasteiger partial charge in [0.05, 0.1) is 0 Å². The molecule has 1 aliphatic heterocycles. The Hall–Kier alpha value is -2.67. The van der Waals surface area contributed by atoms with Crippen LogP contribution < -0.4 is 5.32 Å². The predicted octanol–water partition coefficient (Wildman–Crippen LogP) is 4.43. The molecule has 0 atom stereocenters. The van der Waals surface area contributed by atoms with Crippen LogP contribution in [0.5, 0.6) is 0 Å². The number of nitrogens with one attached hydrogen (secondary N) is 1. The summed E-state index contributed by atoms with van der Waals surface area (Å²) in [5.74, 6) is 0.110. The minimum Gasteiger partial charge on any atom is -0.343 e. The Balaban J connectivity index is 1.49. The van der Waals surface area contributed by atoms with Gasteiger partial charge in [0, 0.05) is 54.6 Å². The molecule has 32 heavy (non-hydrogen) atoms. The first-order chi connectivity index (χ1) is 15.5. The first kappa shape index (κ1) is 24.0. The summed E-state index contributed by atoms with van der Waals surface area (Å²) in [6.45, 7) is 6.60. The van der Waals surface area contributed by atoms with E-state index in [1.54, 1.807) is 29.5 Å². The van der Waals surface area contributed by atoms with Crippen LogP contribution in [0.1, 0.15) is 54.8 Å². The van der Waals surface area contributed by atoms with Gasteiger partial charge in [-0.3, -0.25) is 14.4 Å². The molecule has 0 bridgehead atoms. The van der Waals surface area contributed by atoms with E-state index in [1.807, 2.05) is 41.2 Å². The Kier molecular flexibility index (Phi) is 8.85. The number of thiophene rings is 1. The number of hydrogen-bond acceptors (Lipinski definition) is 4. The largest absolute Gasteiger partial charge is 0.343 e. The zero-order valence-corrected chi connectivity index (χ0v) is 19.8. The number of carbonyl (C=O) groups is 3. The van der Waals surface area contributed by atoms with E-state index in [-0.39, 0.29) is 23.6 Å². The van der Waals surface area contributed by atoms with E-state index in [0.29, 0.717) is 43.6 Å². The van der Waals surface area contributed by atoms with Gasteiger partial charge in [0.25, 0.3) is 5.91 Å². The van der Waals surface area contributed by atoms with E-state index < -0.39 is 0 Å². The Morgan fingerprint density at radius 3 is 2.50 bits per heavy atom. The van der Waals surface area contributed by atoms with E-state index in [1.165, 1.54) is 4.88 Å². The van der Waals surface area contributed by atoms with Crippen LogP contribution in [0.3, 0.4) is 0 Å². The molecule has 1 fully saturated rings. The van der Waals surface area contributed by atoms with E-state index >= 15 is 0 Å². The lowest BCUT2D eigenvalue weighted by atomic mass is 9.94. The summed E-state index contributed by atoms with van der Waals surface area (Å²) in [4.78, 5) is 42.8. The van der Waals surface area contributed by atoms with Crippen molar-refractivity contribution in [3.05, 3.63) is 52.2 Å². The second-order valence-corrected chi connectivity index (χ2v) is 9.17. The average Bonchev–Trinajstić information content (AvgIpc) is 3.33. The minimum absolute atomic E-state index is 0.00116. The molecule has 0 radical (unpaired) electrons. The van der Waals surface area contributed by atoms with Crippen molar-refractivity contribution >= 4 is 34.7 Å². The van der Waals surface area contributed by atoms with Crippen LogP contribution in [0.15, 0.2) is 41.8 Å². The Morgan fingerprint density at radius 1 is 1.09 bits per heavy atom. The second kappa shape index (κ2) is 11.8. The van der Waals surface area contributed by atoms with Gasteiger partial charge in [0.2, 0.25) is 11.8 Å². The summed E-state index contributed by atoms with van der Waals surface area (Å²) in [5, 5.41) is 4.96. The zero-order chi connectivity index (χ0) is 22.9. The molecule has 2 aromatic rings. The van der Waals surface area contributed by atoms with E-state index in [9.17, 15) is 14.4 Å². The second-order valence-electron chi connectivity index (χ2n) is 8.14. The molecule has 1 aliphatic rings. The Bertz CT molecular complexity index is 901. The number of amides is 3. The molecule has 1 N–H and O–H groups in total. The van der Waals surface area contributed by atoms with E-state index in [2.05, 4.69) is 11.4 Å². The van der Waals surface area contributed by atoms with Crippen molar-refractivity contribution in [2.24, 2.45) is 5.92 Å². The molecule has 1 aromatic heterocycles. The molecule has 1 aromatic carbocycles.